The van der Waals surface area contributed by atoms with Crippen LogP contribution in [0.3, 0.4) is 0 Å². The van der Waals surface area contributed by atoms with Crippen molar-refractivity contribution in [2.45, 2.75) is 25.9 Å². The van der Waals surface area contributed by atoms with E-state index in [4.69, 9.17) is 16.2 Å². The molecule has 0 aromatic heterocycles. The lowest BCUT2D eigenvalue weighted by Crippen LogP contribution is -2.40. The van der Waals surface area contributed by atoms with E-state index in [1.54, 1.807) is 16.7 Å². The van der Waals surface area contributed by atoms with E-state index in [-0.39, 0.29) is 18.3 Å². The van der Waals surface area contributed by atoms with E-state index in [2.05, 4.69) is 0 Å². The van der Waals surface area contributed by atoms with Crippen molar-refractivity contribution in [2.24, 2.45) is 5.73 Å². The third kappa shape index (κ3) is 3.69. The van der Waals surface area contributed by atoms with Gasteiger partial charge in [-0.15, -0.1) is 0 Å². The predicted octanol–water partition coefficient (Wildman–Crippen LogP) is -0.815. The summed E-state index contributed by atoms with van der Waals surface area (Å²) < 4.78 is 0. The van der Waals surface area contributed by atoms with Crippen LogP contribution in [-0.2, 0) is 4.79 Å². The molecule has 6 nitrogen and oxygen atoms in total. The summed E-state index contributed by atoms with van der Waals surface area (Å²) >= 11 is 0. The first kappa shape index (κ1) is 12.8. The maximum Gasteiger partial charge on any atom is 0.225 e. The third-order valence-corrected chi connectivity index (χ3v) is 2.66. The Kier molecular flexibility index (Phi) is 4.54. The minimum absolute atomic E-state index is 0.0274. The van der Waals surface area contributed by atoms with Crippen molar-refractivity contribution in [3.63, 3.8) is 0 Å². The summed E-state index contributed by atoms with van der Waals surface area (Å²) in [6, 6.07) is 0. The number of aliphatic hydroxyl groups is 1. The summed E-state index contributed by atoms with van der Waals surface area (Å²) in [4.78, 5) is 15.2. The molecule has 1 rings (SSSR count). The molecule has 1 amide bonds. The zero-order valence-corrected chi connectivity index (χ0v) is 9.65. The molecule has 1 saturated heterocycles. The lowest BCUT2D eigenvalue weighted by Gasteiger charge is -2.22. The summed E-state index contributed by atoms with van der Waals surface area (Å²) in [5.74, 6) is 0.0326. The van der Waals surface area contributed by atoms with Gasteiger partial charge in [0, 0.05) is 26.2 Å². The Morgan fingerprint density at radius 2 is 1.94 bits per heavy atom. The van der Waals surface area contributed by atoms with Gasteiger partial charge in [0.25, 0.3) is 0 Å². The van der Waals surface area contributed by atoms with Crippen molar-refractivity contribution in [1.29, 1.82) is 5.41 Å². The minimum atomic E-state index is -0.598. The number of hydrogen-bond acceptors (Lipinski definition) is 3. The molecular weight excluding hydrogens is 208 g/mol. The Bertz CT molecular complexity index is 268. The number of rotatable bonds is 2. The van der Waals surface area contributed by atoms with Gasteiger partial charge < -0.3 is 20.6 Å². The van der Waals surface area contributed by atoms with E-state index in [1.807, 2.05) is 0 Å². The van der Waals surface area contributed by atoms with Gasteiger partial charge in [0.1, 0.15) is 0 Å². The van der Waals surface area contributed by atoms with Crippen LogP contribution in [0.15, 0.2) is 0 Å². The zero-order chi connectivity index (χ0) is 12.1. The second kappa shape index (κ2) is 5.69. The number of nitrogens with one attached hydrogen (secondary N) is 1. The third-order valence-electron chi connectivity index (χ3n) is 2.66. The monoisotopic (exact) mass is 228 g/mol. The first-order valence-corrected chi connectivity index (χ1v) is 5.55. The Hall–Kier alpha value is -1.30. The SMILES string of the molecule is CC(O)CC(=O)N1CCCN(C(=N)N)CC1. The van der Waals surface area contributed by atoms with Crippen LogP contribution in [-0.4, -0.2) is 59.1 Å². The van der Waals surface area contributed by atoms with Gasteiger partial charge in [-0.1, -0.05) is 0 Å². The van der Waals surface area contributed by atoms with Crippen LogP contribution < -0.4 is 5.73 Å². The average molecular weight is 228 g/mol. The van der Waals surface area contributed by atoms with Gasteiger partial charge in [0.05, 0.1) is 12.5 Å². The van der Waals surface area contributed by atoms with E-state index in [9.17, 15) is 4.79 Å². The fraction of sp³-hybridized carbons (Fsp3) is 0.800. The largest absolute Gasteiger partial charge is 0.393 e. The lowest BCUT2D eigenvalue weighted by molar-refractivity contribution is -0.132. The number of hydrogen-bond donors (Lipinski definition) is 3. The van der Waals surface area contributed by atoms with Gasteiger partial charge >= 0.3 is 0 Å². The molecule has 6 heteroatoms. The van der Waals surface area contributed by atoms with Gasteiger partial charge in [-0.2, -0.15) is 0 Å². The van der Waals surface area contributed by atoms with Gasteiger partial charge in [0.15, 0.2) is 5.96 Å². The van der Waals surface area contributed by atoms with Crippen molar-refractivity contribution in [3.8, 4) is 0 Å². The highest BCUT2D eigenvalue weighted by atomic mass is 16.3. The maximum atomic E-state index is 11.7. The van der Waals surface area contributed by atoms with Gasteiger partial charge in [-0.25, -0.2) is 0 Å². The number of nitrogens with zero attached hydrogens (tertiary/aromatic N) is 2. The van der Waals surface area contributed by atoms with Crippen molar-refractivity contribution in [3.05, 3.63) is 0 Å². The Balaban J connectivity index is 2.46. The summed E-state index contributed by atoms with van der Waals surface area (Å²) in [5, 5.41) is 16.5. The fourth-order valence-electron chi connectivity index (χ4n) is 1.79. The molecule has 0 radical (unpaired) electrons. The molecule has 92 valence electrons. The van der Waals surface area contributed by atoms with E-state index >= 15 is 0 Å². The molecule has 1 aliphatic heterocycles. The number of aliphatic hydroxyl groups excluding tert-OH is 1. The number of guanidine groups is 1. The van der Waals surface area contributed by atoms with Crippen LogP contribution in [0, 0.1) is 5.41 Å². The normalized spacial score (nSPS) is 19.1. The van der Waals surface area contributed by atoms with Gasteiger partial charge in [-0.3, -0.25) is 10.2 Å². The lowest BCUT2D eigenvalue weighted by atomic mass is 10.2. The molecule has 0 spiro atoms. The molecule has 0 aromatic rings. The van der Waals surface area contributed by atoms with E-state index < -0.39 is 6.10 Å². The molecule has 1 unspecified atom stereocenters. The zero-order valence-electron chi connectivity index (χ0n) is 9.65. The second-order valence-electron chi connectivity index (χ2n) is 4.16. The quantitative estimate of drug-likeness (QED) is 0.425. The van der Waals surface area contributed by atoms with Gasteiger partial charge in [0.2, 0.25) is 5.91 Å². The van der Waals surface area contributed by atoms with Crippen LogP contribution >= 0.6 is 0 Å². The Morgan fingerprint density at radius 3 is 2.50 bits per heavy atom. The highest BCUT2D eigenvalue weighted by Crippen LogP contribution is 2.05. The number of carbonyl (C=O) groups is 1. The van der Waals surface area contributed by atoms with Gasteiger partial charge in [-0.05, 0) is 13.3 Å². The molecule has 0 bridgehead atoms. The minimum Gasteiger partial charge on any atom is -0.393 e. The van der Waals surface area contributed by atoms with E-state index in [0.717, 1.165) is 6.42 Å². The van der Waals surface area contributed by atoms with Crippen LogP contribution in [0.5, 0.6) is 0 Å². The highest BCUT2D eigenvalue weighted by Gasteiger charge is 2.20. The summed E-state index contributed by atoms with van der Waals surface area (Å²) in [6.45, 7) is 4.17. The molecule has 1 fully saturated rings. The average Bonchev–Trinajstić information content (AvgIpc) is 2.41. The fourth-order valence-corrected chi connectivity index (χ4v) is 1.79. The van der Waals surface area contributed by atoms with Crippen LogP contribution in [0.1, 0.15) is 19.8 Å². The number of amides is 1. The highest BCUT2D eigenvalue weighted by molar-refractivity contribution is 5.77. The predicted molar refractivity (Wildman–Crippen MR) is 61.0 cm³/mol. The molecule has 1 heterocycles. The summed E-state index contributed by atoms with van der Waals surface area (Å²) in [7, 11) is 0. The molecule has 16 heavy (non-hydrogen) atoms. The molecule has 0 saturated carbocycles. The second-order valence-corrected chi connectivity index (χ2v) is 4.16. The summed E-state index contributed by atoms with van der Waals surface area (Å²) in [6.07, 6.45) is 0.380. The van der Waals surface area contributed by atoms with Crippen molar-refractivity contribution < 1.29 is 9.90 Å². The molecule has 1 aliphatic rings. The Morgan fingerprint density at radius 1 is 1.38 bits per heavy atom. The molecular formula is C10H20N4O2. The molecule has 1 atom stereocenters. The first-order chi connectivity index (χ1) is 7.50. The van der Waals surface area contributed by atoms with Crippen LogP contribution in [0.4, 0.5) is 0 Å². The number of carbonyl (C=O) groups excluding carboxylic acids is 1. The van der Waals surface area contributed by atoms with Crippen molar-refractivity contribution in [1.82, 2.24) is 9.80 Å². The van der Waals surface area contributed by atoms with Crippen molar-refractivity contribution >= 4 is 11.9 Å². The van der Waals surface area contributed by atoms with Crippen molar-refractivity contribution in [2.75, 3.05) is 26.2 Å². The number of nitrogens with two attached hydrogens (primary N) is 1. The maximum absolute atomic E-state index is 11.7. The first-order valence-electron chi connectivity index (χ1n) is 5.55. The topological polar surface area (TPSA) is 93.6 Å². The Labute approximate surface area is 95.5 Å². The van der Waals surface area contributed by atoms with Crippen LogP contribution in [0.25, 0.3) is 0 Å². The van der Waals surface area contributed by atoms with Crippen LogP contribution in [0.2, 0.25) is 0 Å². The van der Waals surface area contributed by atoms with E-state index in [0.29, 0.717) is 26.2 Å². The molecule has 0 aliphatic carbocycles. The standard InChI is InChI=1S/C10H20N4O2/c1-8(15)7-9(16)13-3-2-4-14(6-5-13)10(11)12/h8,15H,2-7H2,1H3,(H3,11,12). The summed E-state index contributed by atoms with van der Waals surface area (Å²) in [5.41, 5.74) is 5.40. The molecule has 4 N–H and O–H groups in total. The van der Waals surface area contributed by atoms with E-state index in [1.165, 1.54) is 0 Å². The molecule has 0 aromatic carbocycles. The smallest absolute Gasteiger partial charge is 0.225 e.